The Morgan fingerprint density at radius 2 is 1.94 bits per heavy atom. The number of imide groups is 1. The molecule has 33 heavy (non-hydrogen) atoms. The lowest BCUT2D eigenvalue weighted by atomic mass is 10.1. The third-order valence-corrected chi connectivity index (χ3v) is 5.59. The van der Waals surface area contributed by atoms with Gasteiger partial charge in [-0.15, -0.1) is 6.42 Å². The summed E-state index contributed by atoms with van der Waals surface area (Å²) in [5.74, 6) is 2.48. The van der Waals surface area contributed by atoms with Crippen LogP contribution in [0.2, 0.25) is 5.02 Å². The van der Waals surface area contributed by atoms with Crippen molar-refractivity contribution in [2.24, 2.45) is 0 Å². The molecule has 0 atom stereocenters. The van der Waals surface area contributed by atoms with E-state index >= 15 is 0 Å². The number of terminal acetylenes is 1. The first-order valence-electron chi connectivity index (χ1n) is 9.49. The molecule has 0 saturated carbocycles. The zero-order valence-electron chi connectivity index (χ0n) is 17.7. The van der Waals surface area contributed by atoms with Gasteiger partial charge in [0.1, 0.15) is 18.9 Å². The van der Waals surface area contributed by atoms with E-state index in [9.17, 15) is 14.4 Å². The number of carbonyl (C=O) groups excluding carboxylic acids is 3. The van der Waals surface area contributed by atoms with Crippen LogP contribution in [0, 0.1) is 12.3 Å². The monoisotopic (exact) mass is 486 g/mol. The lowest BCUT2D eigenvalue weighted by Gasteiger charge is -2.13. The van der Waals surface area contributed by atoms with Crippen LogP contribution in [0.3, 0.4) is 0 Å². The van der Waals surface area contributed by atoms with Gasteiger partial charge in [0.25, 0.3) is 11.1 Å². The number of amides is 3. The van der Waals surface area contributed by atoms with Crippen LogP contribution in [-0.4, -0.2) is 49.3 Å². The molecule has 1 N–H and O–H groups in total. The highest BCUT2D eigenvalue weighted by molar-refractivity contribution is 8.18. The van der Waals surface area contributed by atoms with Crippen LogP contribution >= 0.6 is 23.4 Å². The molecule has 10 heteroatoms. The smallest absolute Gasteiger partial charge is 0.294 e. The number of hydrogen-bond acceptors (Lipinski definition) is 7. The second kappa shape index (κ2) is 10.8. The van der Waals surface area contributed by atoms with Gasteiger partial charge in [0.2, 0.25) is 5.91 Å². The molecule has 0 bridgehead atoms. The highest BCUT2D eigenvalue weighted by atomic mass is 35.5. The number of thioether (sulfide) groups is 1. The van der Waals surface area contributed by atoms with Crippen LogP contribution < -0.4 is 19.5 Å². The third kappa shape index (κ3) is 5.80. The van der Waals surface area contributed by atoms with Gasteiger partial charge < -0.3 is 19.5 Å². The molecule has 8 nitrogen and oxygen atoms in total. The van der Waals surface area contributed by atoms with Crippen molar-refractivity contribution >= 4 is 52.2 Å². The molecule has 2 aromatic rings. The Morgan fingerprint density at radius 3 is 2.58 bits per heavy atom. The van der Waals surface area contributed by atoms with E-state index in [2.05, 4.69) is 11.2 Å². The molecule has 0 aromatic heterocycles. The standard InChI is InChI=1S/C23H19ClN2O6S/c1-4-9-32-21-17(24)10-14(11-18(21)31-3)12-19-22(28)26(23(29)33-19)13-20(27)25-15-5-7-16(30-2)8-6-15/h1,5-8,10-12H,9,13H2,2-3H3,(H,25,27)/b19-12+. The number of methoxy groups -OCH3 is 2. The summed E-state index contributed by atoms with van der Waals surface area (Å²) >= 11 is 6.99. The molecular weight excluding hydrogens is 468 g/mol. The van der Waals surface area contributed by atoms with Gasteiger partial charge in [-0.25, -0.2) is 0 Å². The maximum absolute atomic E-state index is 12.7. The van der Waals surface area contributed by atoms with E-state index in [-0.39, 0.29) is 22.3 Å². The van der Waals surface area contributed by atoms with Crippen LogP contribution in [0.4, 0.5) is 10.5 Å². The average molecular weight is 487 g/mol. The van der Waals surface area contributed by atoms with E-state index in [4.69, 9.17) is 32.2 Å². The molecule has 0 unspecified atom stereocenters. The average Bonchev–Trinajstić information content (AvgIpc) is 3.05. The quantitative estimate of drug-likeness (QED) is 0.444. The summed E-state index contributed by atoms with van der Waals surface area (Å²) < 4.78 is 15.7. The van der Waals surface area contributed by atoms with Crippen LogP contribution in [0.25, 0.3) is 6.08 Å². The molecule has 3 rings (SSSR count). The minimum absolute atomic E-state index is 0.00685. The Bertz CT molecular complexity index is 1160. The fourth-order valence-electron chi connectivity index (χ4n) is 2.88. The van der Waals surface area contributed by atoms with Crippen molar-refractivity contribution in [2.75, 3.05) is 32.7 Å². The molecule has 1 fully saturated rings. The first-order valence-corrected chi connectivity index (χ1v) is 10.7. The predicted octanol–water partition coefficient (Wildman–Crippen LogP) is 4.04. The fourth-order valence-corrected chi connectivity index (χ4v) is 4.00. The Hall–Kier alpha value is -3.61. The highest BCUT2D eigenvalue weighted by Gasteiger charge is 2.36. The number of nitrogens with zero attached hydrogens (tertiary/aromatic N) is 1. The molecule has 1 saturated heterocycles. The van der Waals surface area contributed by atoms with E-state index in [1.807, 2.05) is 0 Å². The van der Waals surface area contributed by atoms with Crippen molar-refractivity contribution in [3.8, 4) is 29.6 Å². The van der Waals surface area contributed by atoms with Gasteiger partial charge in [-0.3, -0.25) is 19.3 Å². The van der Waals surface area contributed by atoms with Gasteiger partial charge in [-0.2, -0.15) is 0 Å². The number of hydrogen-bond donors (Lipinski definition) is 1. The van der Waals surface area contributed by atoms with Crippen LogP contribution in [-0.2, 0) is 9.59 Å². The second-order valence-electron chi connectivity index (χ2n) is 6.57. The number of halogens is 1. The Kier molecular flexibility index (Phi) is 7.87. The zero-order valence-corrected chi connectivity index (χ0v) is 19.3. The number of benzene rings is 2. The van der Waals surface area contributed by atoms with Crippen molar-refractivity contribution in [1.29, 1.82) is 0 Å². The maximum atomic E-state index is 12.7. The third-order valence-electron chi connectivity index (χ3n) is 4.40. The molecule has 1 aliphatic heterocycles. The first kappa shape index (κ1) is 24.0. The van der Waals surface area contributed by atoms with Gasteiger partial charge in [-0.05, 0) is 59.8 Å². The highest BCUT2D eigenvalue weighted by Crippen LogP contribution is 2.39. The topological polar surface area (TPSA) is 94.2 Å². The fraction of sp³-hybridized carbons (Fsp3) is 0.174. The molecule has 2 aromatic carbocycles. The van der Waals surface area contributed by atoms with Crippen molar-refractivity contribution in [3.05, 3.63) is 51.9 Å². The lowest BCUT2D eigenvalue weighted by Crippen LogP contribution is -2.36. The SMILES string of the molecule is C#CCOc1c(Cl)cc(/C=C2/SC(=O)N(CC(=O)Nc3ccc(OC)cc3)C2=O)cc1OC. The summed E-state index contributed by atoms with van der Waals surface area (Å²) in [6.07, 6.45) is 6.70. The summed E-state index contributed by atoms with van der Waals surface area (Å²) in [6.45, 7) is -0.413. The van der Waals surface area contributed by atoms with Crippen molar-refractivity contribution in [3.63, 3.8) is 0 Å². The van der Waals surface area contributed by atoms with E-state index in [1.54, 1.807) is 36.4 Å². The summed E-state index contributed by atoms with van der Waals surface area (Å²) in [5, 5.41) is 2.32. The Balaban J connectivity index is 1.73. The summed E-state index contributed by atoms with van der Waals surface area (Å²) in [7, 11) is 2.97. The summed E-state index contributed by atoms with van der Waals surface area (Å²) in [4.78, 5) is 38.5. The van der Waals surface area contributed by atoms with Gasteiger partial charge in [0.05, 0.1) is 24.1 Å². The van der Waals surface area contributed by atoms with Gasteiger partial charge in [0.15, 0.2) is 11.5 Å². The molecule has 1 heterocycles. The van der Waals surface area contributed by atoms with Crippen molar-refractivity contribution in [2.45, 2.75) is 0 Å². The minimum atomic E-state index is -0.586. The summed E-state index contributed by atoms with van der Waals surface area (Å²) in [5.41, 5.74) is 1.02. The molecule has 3 amide bonds. The lowest BCUT2D eigenvalue weighted by molar-refractivity contribution is -0.127. The number of anilines is 1. The van der Waals surface area contributed by atoms with E-state index < -0.39 is 23.6 Å². The number of nitrogens with one attached hydrogen (secondary N) is 1. The van der Waals surface area contributed by atoms with Crippen molar-refractivity contribution in [1.82, 2.24) is 4.90 Å². The van der Waals surface area contributed by atoms with Gasteiger partial charge in [-0.1, -0.05) is 17.5 Å². The maximum Gasteiger partial charge on any atom is 0.294 e. The largest absolute Gasteiger partial charge is 0.497 e. The zero-order chi connectivity index (χ0) is 24.0. The van der Waals surface area contributed by atoms with Gasteiger partial charge in [0, 0.05) is 5.69 Å². The first-order chi connectivity index (χ1) is 15.9. The van der Waals surface area contributed by atoms with Crippen LogP contribution in [0.15, 0.2) is 41.3 Å². The molecular formula is C23H19ClN2O6S. The summed E-state index contributed by atoms with van der Waals surface area (Å²) in [6, 6.07) is 9.82. The van der Waals surface area contributed by atoms with E-state index in [0.29, 0.717) is 22.7 Å². The molecule has 0 radical (unpaired) electrons. The van der Waals surface area contributed by atoms with Gasteiger partial charge >= 0.3 is 0 Å². The number of ether oxygens (including phenoxy) is 3. The normalized spacial score (nSPS) is 14.2. The predicted molar refractivity (Wildman–Crippen MR) is 127 cm³/mol. The molecule has 0 spiro atoms. The number of rotatable bonds is 8. The van der Waals surface area contributed by atoms with Crippen LogP contribution in [0.5, 0.6) is 17.2 Å². The van der Waals surface area contributed by atoms with E-state index in [1.165, 1.54) is 20.3 Å². The second-order valence-corrected chi connectivity index (χ2v) is 7.97. The van der Waals surface area contributed by atoms with E-state index in [0.717, 1.165) is 16.7 Å². The Labute approximate surface area is 199 Å². The Morgan fingerprint density at radius 1 is 1.21 bits per heavy atom. The number of carbonyl (C=O) groups is 3. The minimum Gasteiger partial charge on any atom is -0.497 e. The molecule has 170 valence electrons. The molecule has 0 aliphatic carbocycles. The van der Waals surface area contributed by atoms with Crippen LogP contribution in [0.1, 0.15) is 5.56 Å². The molecule has 1 aliphatic rings. The van der Waals surface area contributed by atoms with Crippen molar-refractivity contribution < 1.29 is 28.6 Å².